The Labute approximate surface area is 136 Å². The predicted octanol–water partition coefficient (Wildman–Crippen LogP) is 3.60. The minimum atomic E-state index is -0.117. The van der Waals surface area contributed by atoms with Crippen molar-refractivity contribution >= 4 is 12.0 Å². The lowest BCUT2D eigenvalue weighted by Gasteiger charge is -2.18. The zero-order valence-corrected chi connectivity index (χ0v) is 13.8. The third-order valence-corrected chi connectivity index (χ3v) is 3.42. The lowest BCUT2D eigenvalue weighted by molar-refractivity contribution is 0.0775. The van der Waals surface area contributed by atoms with E-state index in [-0.39, 0.29) is 5.91 Å². The van der Waals surface area contributed by atoms with Gasteiger partial charge >= 0.3 is 0 Å². The Morgan fingerprint density at radius 1 is 1.30 bits per heavy atom. The molecule has 1 aromatic heterocycles. The molecule has 0 bridgehead atoms. The molecule has 0 unspecified atom stereocenters. The lowest BCUT2D eigenvalue weighted by atomic mass is 10.1. The molecule has 1 heterocycles. The predicted molar refractivity (Wildman–Crippen MR) is 88.8 cm³/mol. The minimum absolute atomic E-state index is 0.117. The van der Waals surface area contributed by atoms with Crippen LogP contribution in [0.1, 0.15) is 28.6 Å². The Bertz CT molecular complexity index is 689. The number of carbonyl (C=O) groups excluding carboxylic acids is 1. The average Bonchev–Trinajstić information content (AvgIpc) is 3.06. The van der Waals surface area contributed by atoms with Gasteiger partial charge in [0, 0.05) is 18.2 Å². The van der Waals surface area contributed by atoms with E-state index in [0.29, 0.717) is 23.6 Å². The first-order valence-electron chi connectivity index (χ1n) is 7.27. The Kier molecular flexibility index (Phi) is 5.46. The molecule has 0 aliphatic rings. The number of benzene rings is 1. The van der Waals surface area contributed by atoms with Gasteiger partial charge in [0.1, 0.15) is 5.76 Å². The van der Waals surface area contributed by atoms with Gasteiger partial charge in [-0.05, 0) is 31.2 Å². The quantitative estimate of drug-likeness (QED) is 0.817. The average molecular weight is 315 g/mol. The summed E-state index contributed by atoms with van der Waals surface area (Å²) in [5, 5.41) is 0. The fraction of sp³-hybridized carbons (Fsp3) is 0.278. The van der Waals surface area contributed by atoms with Crippen molar-refractivity contribution in [3.05, 3.63) is 53.5 Å². The van der Waals surface area contributed by atoms with Crippen molar-refractivity contribution < 1.29 is 18.7 Å². The van der Waals surface area contributed by atoms with Crippen molar-refractivity contribution in [3.63, 3.8) is 0 Å². The van der Waals surface area contributed by atoms with Crippen molar-refractivity contribution in [1.82, 2.24) is 4.90 Å². The summed E-state index contributed by atoms with van der Waals surface area (Å²) in [6.07, 6.45) is 5.36. The van der Waals surface area contributed by atoms with E-state index in [2.05, 4.69) is 0 Å². The highest BCUT2D eigenvalue weighted by Crippen LogP contribution is 2.34. The molecule has 2 rings (SSSR count). The first kappa shape index (κ1) is 16.7. The normalized spacial score (nSPS) is 10.8. The number of carbonyl (C=O) groups is 1. The van der Waals surface area contributed by atoms with Gasteiger partial charge in [0.05, 0.1) is 27.0 Å². The van der Waals surface area contributed by atoms with Gasteiger partial charge in [-0.3, -0.25) is 4.79 Å². The fourth-order valence-electron chi connectivity index (χ4n) is 2.35. The molecule has 2 aromatic rings. The summed E-state index contributed by atoms with van der Waals surface area (Å²) in [6.45, 7) is 2.31. The number of methoxy groups -OCH3 is 2. The molecule has 0 radical (unpaired) electrons. The molecule has 0 aliphatic heterocycles. The van der Waals surface area contributed by atoms with Gasteiger partial charge in [0.2, 0.25) is 0 Å². The molecule has 5 heteroatoms. The second-order valence-electron chi connectivity index (χ2n) is 5.04. The number of amides is 1. The van der Waals surface area contributed by atoms with Crippen LogP contribution in [0.4, 0.5) is 0 Å². The number of rotatable bonds is 6. The van der Waals surface area contributed by atoms with Crippen LogP contribution < -0.4 is 9.47 Å². The zero-order valence-electron chi connectivity index (χ0n) is 13.8. The highest BCUT2D eigenvalue weighted by Gasteiger charge is 2.18. The molecule has 5 nitrogen and oxygen atoms in total. The van der Waals surface area contributed by atoms with Gasteiger partial charge in [-0.15, -0.1) is 0 Å². The molecule has 0 aliphatic carbocycles. The van der Waals surface area contributed by atoms with E-state index in [1.165, 1.54) is 0 Å². The van der Waals surface area contributed by atoms with Crippen LogP contribution in [0.25, 0.3) is 6.08 Å². The summed E-state index contributed by atoms with van der Waals surface area (Å²) in [6, 6.07) is 7.12. The van der Waals surface area contributed by atoms with E-state index >= 15 is 0 Å². The van der Waals surface area contributed by atoms with Gasteiger partial charge in [-0.1, -0.05) is 12.2 Å². The Morgan fingerprint density at radius 2 is 2.09 bits per heavy atom. The van der Waals surface area contributed by atoms with Crippen molar-refractivity contribution in [2.75, 3.05) is 21.3 Å². The van der Waals surface area contributed by atoms with E-state index in [1.807, 2.05) is 25.1 Å². The van der Waals surface area contributed by atoms with Gasteiger partial charge in [-0.2, -0.15) is 0 Å². The third-order valence-electron chi connectivity index (χ3n) is 3.42. The van der Waals surface area contributed by atoms with Crippen molar-refractivity contribution in [3.8, 4) is 11.5 Å². The second kappa shape index (κ2) is 7.54. The fourth-order valence-corrected chi connectivity index (χ4v) is 2.35. The summed E-state index contributed by atoms with van der Waals surface area (Å²) >= 11 is 0. The van der Waals surface area contributed by atoms with Gasteiger partial charge in [0.25, 0.3) is 5.91 Å². The lowest BCUT2D eigenvalue weighted by Crippen LogP contribution is -2.26. The minimum Gasteiger partial charge on any atom is -0.493 e. The summed E-state index contributed by atoms with van der Waals surface area (Å²) in [7, 11) is 4.87. The standard InChI is InChI=1S/C18H21NO4/c1-5-7-13-10-14(11-16(21-3)17(13)22-4)18(20)19(2)12-15-8-6-9-23-15/h5-11H,12H2,1-4H3/b7-5+. The van der Waals surface area contributed by atoms with Crippen LogP contribution in [0.3, 0.4) is 0 Å². The van der Waals surface area contributed by atoms with E-state index in [1.54, 1.807) is 50.6 Å². The van der Waals surface area contributed by atoms with E-state index in [0.717, 1.165) is 11.3 Å². The molecule has 0 fully saturated rings. The van der Waals surface area contributed by atoms with E-state index in [4.69, 9.17) is 13.9 Å². The third kappa shape index (κ3) is 3.74. The highest BCUT2D eigenvalue weighted by molar-refractivity contribution is 5.95. The molecule has 0 N–H and O–H groups in total. The van der Waals surface area contributed by atoms with Crippen LogP contribution in [-0.4, -0.2) is 32.1 Å². The summed E-state index contributed by atoms with van der Waals surface area (Å²) in [5.74, 6) is 1.75. The molecule has 1 aromatic carbocycles. The van der Waals surface area contributed by atoms with Crippen LogP contribution in [0, 0.1) is 0 Å². The van der Waals surface area contributed by atoms with Gasteiger partial charge < -0.3 is 18.8 Å². The maximum absolute atomic E-state index is 12.7. The van der Waals surface area contributed by atoms with Crippen molar-refractivity contribution in [2.45, 2.75) is 13.5 Å². The topological polar surface area (TPSA) is 51.9 Å². The smallest absolute Gasteiger partial charge is 0.254 e. The number of hydrogen-bond acceptors (Lipinski definition) is 4. The second-order valence-corrected chi connectivity index (χ2v) is 5.04. The molecule has 0 saturated carbocycles. The van der Waals surface area contributed by atoms with Crippen molar-refractivity contribution in [2.24, 2.45) is 0 Å². The van der Waals surface area contributed by atoms with E-state index in [9.17, 15) is 4.79 Å². The van der Waals surface area contributed by atoms with Crippen LogP contribution in [0.5, 0.6) is 11.5 Å². The Hall–Kier alpha value is -2.69. The maximum atomic E-state index is 12.7. The largest absolute Gasteiger partial charge is 0.493 e. The Balaban J connectivity index is 2.34. The van der Waals surface area contributed by atoms with Crippen LogP contribution in [-0.2, 0) is 6.54 Å². The molecule has 1 amide bonds. The summed E-state index contributed by atoms with van der Waals surface area (Å²) in [4.78, 5) is 14.3. The van der Waals surface area contributed by atoms with Gasteiger partial charge in [-0.25, -0.2) is 0 Å². The first-order chi connectivity index (χ1) is 11.1. The number of furan rings is 1. The van der Waals surface area contributed by atoms with Crippen LogP contribution >= 0.6 is 0 Å². The monoisotopic (exact) mass is 315 g/mol. The molecule has 23 heavy (non-hydrogen) atoms. The van der Waals surface area contributed by atoms with Crippen LogP contribution in [0.2, 0.25) is 0 Å². The first-order valence-corrected chi connectivity index (χ1v) is 7.27. The number of hydrogen-bond donors (Lipinski definition) is 0. The molecular formula is C18H21NO4. The SMILES string of the molecule is C/C=C/c1cc(C(=O)N(C)Cc2ccco2)cc(OC)c1OC. The van der Waals surface area contributed by atoms with Crippen LogP contribution in [0.15, 0.2) is 41.0 Å². The Morgan fingerprint density at radius 3 is 2.65 bits per heavy atom. The molecule has 0 spiro atoms. The molecular weight excluding hydrogens is 294 g/mol. The van der Waals surface area contributed by atoms with E-state index < -0.39 is 0 Å². The number of allylic oxidation sites excluding steroid dienone is 1. The highest BCUT2D eigenvalue weighted by atomic mass is 16.5. The molecule has 0 saturated heterocycles. The van der Waals surface area contributed by atoms with Gasteiger partial charge in [0.15, 0.2) is 11.5 Å². The maximum Gasteiger partial charge on any atom is 0.254 e. The molecule has 0 atom stereocenters. The summed E-state index contributed by atoms with van der Waals surface area (Å²) in [5.41, 5.74) is 1.33. The molecule has 122 valence electrons. The number of ether oxygens (including phenoxy) is 2. The zero-order chi connectivity index (χ0) is 16.8. The van der Waals surface area contributed by atoms with Crippen molar-refractivity contribution in [1.29, 1.82) is 0 Å². The summed E-state index contributed by atoms with van der Waals surface area (Å²) < 4.78 is 16.0. The number of nitrogens with zero attached hydrogens (tertiary/aromatic N) is 1.